The van der Waals surface area contributed by atoms with Gasteiger partial charge in [0, 0.05) is 25.5 Å². The third kappa shape index (κ3) is 3.30. The SMILES string of the molecule is Cc1cc(C2CCCCN2C(=O)c2cn(C)cn2)nc(-c2c(C)noc2C)n1. The molecule has 8 heteroatoms. The summed E-state index contributed by atoms with van der Waals surface area (Å²) in [7, 11) is 1.86. The first-order valence-corrected chi connectivity index (χ1v) is 9.52. The van der Waals surface area contributed by atoms with Crippen molar-refractivity contribution in [2.45, 2.75) is 46.1 Å². The van der Waals surface area contributed by atoms with Gasteiger partial charge < -0.3 is 14.0 Å². The Morgan fingerprint density at radius 2 is 2.04 bits per heavy atom. The van der Waals surface area contributed by atoms with Crippen molar-refractivity contribution in [2.75, 3.05) is 6.54 Å². The zero-order valence-corrected chi connectivity index (χ0v) is 16.6. The van der Waals surface area contributed by atoms with Gasteiger partial charge in [0.15, 0.2) is 5.82 Å². The number of nitrogens with zero attached hydrogens (tertiary/aromatic N) is 6. The second-order valence-corrected chi connectivity index (χ2v) is 7.39. The summed E-state index contributed by atoms with van der Waals surface area (Å²) in [5.41, 5.74) is 3.76. The van der Waals surface area contributed by atoms with Crippen LogP contribution in [-0.2, 0) is 7.05 Å². The van der Waals surface area contributed by atoms with Gasteiger partial charge in [-0.25, -0.2) is 15.0 Å². The fourth-order valence-electron chi connectivity index (χ4n) is 3.83. The number of hydrogen-bond donors (Lipinski definition) is 0. The molecule has 3 aromatic rings. The van der Waals surface area contributed by atoms with E-state index in [1.54, 1.807) is 17.1 Å². The summed E-state index contributed by atoms with van der Waals surface area (Å²) in [6.45, 7) is 6.39. The minimum Gasteiger partial charge on any atom is -0.361 e. The average molecular weight is 380 g/mol. The van der Waals surface area contributed by atoms with E-state index < -0.39 is 0 Å². The second kappa shape index (κ2) is 7.18. The molecule has 0 N–H and O–H groups in total. The first-order chi connectivity index (χ1) is 13.4. The molecular weight excluding hydrogens is 356 g/mol. The van der Waals surface area contributed by atoms with E-state index in [9.17, 15) is 4.79 Å². The maximum atomic E-state index is 13.1. The Hall–Kier alpha value is -3.03. The Bertz CT molecular complexity index is 1000. The van der Waals surface area contributed by atoms with Crippen molar-refractivity contribution in [2.24, 2.45) is 7.05 Å². The average Bonchev–Trinajstić information content (AvgIpc) is 3.26. The number of amides is 1. The van der Waals surface area contributed by atoms with Crippen molar-refractivity contribution in [3.8, 4) is 11.4 Å². The predicted molar refractivity (Wildman–Crippen MR) is 103 cm³/mol. The van der Waals surface area contributed by atoms with Gasteiger partial charge in [0.05, 0.1) is 29.3 Å². The van der Waals surface area contributed by atoms with E-state index in [1.165, 1.54) is 0 Å². The minimum atomic E-state index is -0.0934. The molecule has 0 bridgehead atoms. The second-order valence-electron chi connectivity index (χ2n) is 7.39. The molecule has 1 unspecified atom stereocenters. The normalized spacial score (nSPS) is 17.1. The zero-order chi connectivity index (χ0) is 19.8. The Morgan fingerprint density at radius 3 is 2.71 bits per heavy atom. The molecule has 4 heterocycles. The highest BCUT2D eigenvalue weighted by Gasteiger charge is 2.31. The van der Waals surface area contributed by atoms with E-state index in [-0.39, 0.29) is 11.9 Å². The number of likely N-dealkylation sites (tertiary alicyclic amines) is 1. The quantitative estimate of drug-likeness (QED) is 0.693. The lowest BCUT2D eigenvalue weighted by Crippen LogP contribution is -2.39. The summed E-state index contributed by atoms with van der Waals surface area (Å²) in [5, 5.41) is 4.02. The van der Waals surface area contributed by atoms with E-state index in [4.69, 9.17) is 9.51 Å². The number of aryl methyl sites for hydroxylation is 4. The molecule has 0 aliphatic carbocycles. The molecule has 0 aromatic carbocycles. The Morgan fingerprint density at radius 1 is 1.21 bits per heavy atom. The molecular formula is C20H24N6O2. The molecule has 4 rings (SSSR count). The number of aromatic nitrogens is 5. The molecule has 1 atom stereocenters. The number of carbonyl (C=O) groups is 1. The van der Waals surface area contributed by atoms with E-state index in [0.29, 0.717) is 23.8 Å². The molecule has 8 nitrogen and oxygen atoms in total. The van der Waals surface area contributed by atoms with Crippen molar-refractivity contribution in [1.82, 2.24) is 29.6 Å². The minimum absolute atomic E-state index is 0.0551. The topological polar surface area (TPSA) is 89.9 Å². The van der Waals surface area contributed by atoms with Crippen LogP contribution in [0.1, 0.15) is 58.6 Å². The lowest BCUT2D eigenvalue weighted by atomic mass is 9.98. The summed E-state index contributed by atoms with van der Waals surface area (Å²) >= 11 is 0. The molecule has 0 saturated carbocycles. The van der Waals surface area contributed by atoms with Gasteiger partial charge in [-0.2, -0.15) is 0 Å². The monoisotopic (exact) mass is 380 g/mol. The highest BCUT2D eigenvalue weighted by Crippen LogP contribution is 2.33. The Balaban J connectivity index is 1.73. The molecule has 3 aromatic heterocycles. The van der Waals surface area contributed by atoms with Gasteiger partial charge in [-0.05, 0) is 46.1 Å². The first-order valence-electron chi connectivity index (χ1n) is 9.52. The third-order valence-corrected chi connectivity index (χ3v) is 5.16. The molecule has 1 fully saturated rings. The van der Waals surface area contributed by atoms with Crippen molar-refractivity contribution < 1.29 is 9.32 Å². The first kappa shape index (κ1) is 18.3. The summed E-state index contributed by atoms with van der Waals surface area (Å²) in [4.78, 5) is 28.6. The van der Waals surface area contributed by atoms with Crippen LogP contribution in [-0.4, -0.2) is 42.0 Å². The van der Waals surface area contributed by atoms with Crippen LogP contribution < -0.4 is 0 Å². The summed E-state index contributed by atoms with van der Waals surface area (Å²) in [5.74, 6) is 1.24. The van der Waals surface area contributed by atoms with Gasteiger partial charge in [-0.15, -0.1) is 0 Å². The molecule has 0 spiro atoms. The van der Waals surface area contributed by atoms with Crippen molar-refractivity contribution in [1.29, 1.82) is 0 Å². The molecule has 1 amide bonds. The van der Waals surface area contributed by atoms with Gasteiger partial charge in [0.1, 0.15) is 11.5 Å². The van der Waals surface area contributed by atoms with E-state index in [0.717, 1.165) is 41.9 Å². The van der Waals surface area contributed by atoms with E-state index in [2.05, 4.69) is 15.1 Å². The van der Waals surface area contributed by atoms with Crippen LogP contribution in [0.3, 0.4) is 0 Å². The number of imidazole rings is 1. The highest BCUT2D eigenvalue weighted by molar-refractivity contribution is 5.92. The van der Waals surface area contributed by atoms with Crippen LogP contribution in [0.25, 0.3) is 11.4 Å². The fourth-order valence-corrected chi connectivity index (χ4v) is 3.83. The highest BCUT2D eigenvalue weighted by atomic mass is 16.5. The Labute approximate surface area is 163 Å². The number of carbonyl (C=O) groups excluding carboxylic acids is 1. The maximum absolute atomic E-state index is 13.1. The zero-order valence-electron chi connectivity index (χ0n) is 16.6. The van der Waals surface area contributed by atoms with Crippen LogP contribution >= 0.6 is 0 Å². The van der Waals surface area contributed by atoms with Gasteiger partial charge in [-0.1, -0.05) is 5.16 Å². The van der Waals surface area contributed by atoms with E-state index >= 15 is 0 Å². The predicted octanol–water partition coefficient (Wildman–Crippen LogP) is 3.16. The number of rotatable bonds is 3. The molecule has 1 saturated heterocycles. The number of piperidine rings is 1. The van der Waals surface area contributed by atoms with Crippen molar-refractivity contribution in [3.05, 3.63) is 47.1 Å². The summed E-state index contributed by atoms with van der Waals surface area (Å²) in [6, 6.07) is 1.88. The lowest BCUT2D eigenvalue weighted by Gasteiger charge is -2.35. The standard InChI is InChI=1S/C20H24N6O2/c1-12-9-15(23-19(22-12)18-13(2)24-28-14(18)3)17-7-5-6-8-26(17)20(27)16-10-25(4)11-21-16/h9-11,17H,5-8H2,1-4H3. The molecule has 0 radical (unpaired) electrons. The van der Waals surface area contributed by atoms with Crippen LogP contribution in [0.5, 0.6) is 0 Å². The van der Waals surface area contributed by atoms with Crippen molar-refractivity contribution >= 4 is 5.91 Å². The largest absolute Gasteiger partial charge is 0.361 e. The van der Waals surface area contributed by atoms with Gasteiger partial charge in [-0.3, -0.25) is 4.79 Å². The molecule has 28 heavy (non-hydrogen) atoms. The molecule has 146 valence electrons. The van der Waals surface area contributed by atoms with Crippen LogP contribution in [0.15, 0.2) is 23.1 Å². The van der Waals surface area contributed by atoms with Gasteiger partial charge in [0.2, 0.25) is 0 Å². The van der Waals surface area contributed by atoms with Gasteiger partial charge in [0.25, 0.3) is 5.91 Å². The van der Waals surface area contributed by atoms with Crippen LogP contribution in [0.2, 0.25) is 0 Å². The van der Waals surface area contributed by atoms with Crippen LogP contribution in [0.4, 0.5) is 0 Å². The lowest BCUT2D eigenvalue weighted by molar-refractivity contribution is 0.0600. The maximum Gasteiger partial charge on any atom is 0.274 e. The van der Waals surface area contributed by atoms with Gasteiger partial charge >= 0.3 is 0 Å². The summed E-state index contributed by atoms with van der Waals surface area (Å²) in [6.07, 6.45) is 6.32. The summed E-state index contributed by atoms with van der Waals surface area (Å²) < 4.78 is 7.08. The third-order valence-electron chi connectivity index (χ3n) is 5.16. The van der Waals surface area contributed by atoms with Crippen LogP contribution in [0, 0.1) is 20.8 Å². The number of hydrogen-bond acceptors (Lipinski definition) is 6. The molecule has 1 aliphatic rings. The smallest absolute Gasteiger partial charge is 0.274 e. The molecule has 1 aliphatic heterocycles. The Kier molecular flexibility index (Phi) is 4.70. The fraction of sp³-hybridized carbons (Fsp3) is 0.450. The van der Waals surface area contributed by atoms with E-state index in [1.807, 2.05) is 38.8 Å². The van der Waals surface area contributed by atoms with Crippen molar-refractivity contribution in [3.63, 3.8) is 0 Å².